The Labute approximate surface area is 134 Å². The normalized spacial score (nSPS) is 21.0. The second-order valence-electron chi connectivity index (χ2n) is 7.84. The number of hydrogen-bond acceptors (Lipinski definition) is 2. The van der Waals surface area contributed by atoms with Gasteiger partial charge in [0.15, 0.2) is 5.96 Å². The Morgan fingerprint density at radius 3 is 2.36 bits per heavy atom. The molecule has 2 saturated carbocycles. The molecule has 0 aromatic rings. The Bertz CT molecular complexity index is 417. The van der Waals surface area contributed by atoms with Crippen molar-refractivity contribution in [3.63, 3.8) is 0 Å². The molecule has 2 aliphatic rings. The van der Waals surface area contributed by atoms with Crippen LogP contribution in [0.4, 0.5) is 0 Å². The van der Waals surface area contributed by atoms with Crippen LogP contribution in [0.3, 0.4) is 0 Å². The Balaban J connectivity index is 1.83. The molecule has 0 saturated heterocycles. The van der Waals surface area contributed by atoms with Gasteiger partial charge in [-0.2, -0.15) is 0 Å². The molecule has 2 fully saturated rings. The van der Waals surface area contributed by atoms with Crippen LogP contribution in [0, 0.1) is 11.3 Å². The zero-order valence-corrected chi connectivity index (χ0v) is 14.6. The van der Waals surface area contributed by atoms with Gasteiger partial charge in [-0.05, 0) is 64.7 Å². The number of carbonyl (C=O) groups excluding carboxylic acids is 1. The summed E-state index contributed by atoms with van der Waals surface area (Å²) in [4.78, 5) is 16.3. The summed E-state index contributed by atoms with van der Waals surface area (Å²) in [5, 5.41) is 9.64. The van der Waals surface area contributed by atoms with Crippen LogP contribution in [0.25, 0.3) is 0 Å². The topological polar surface area (TPSA) is 65.5 Å². The van der Waals surface area contributed by atoms with Gasteiger partial charge >= 0.3 is 0 Å². The molecule has 0 radical (unpaired) electrons. The van der Waals surface area contributed by atoms with E-state index in [2.05, 4.69) is 20.9 Å². The van der Waals surface area contributed by atoms with Crippen molar-refractivity contribution < 1.29 is 4.79 Å². The van der Waals surface area contributed by atoms with E-state index in [1.54, 1.807) is 0 Å². The maximum absolute atomic E-state index is 11.9. The third kappa shape index (κ3) is 4.89. The molecule has 0 spiro atoms. The van der Waals surface area contributed by atoms with E-state index in [9.17, 15) is 4.79 Å². The van der Waals surface area contributed by atoms with Crippen molar-refractivity contribution in [1.29, 1.82) is 0 Å². The zero-order valence-electron chi connectivity index (χ0n) is 14.6. The molecule has 0 bridgehead atoms. The number of nitrogens with zero attached hydrogens (tertiary/aromatic N) is 1. The summed E-state index contributed by atoms with van der Waals surface area (Å²) in [5.41, 5.74) is 0.296. The summed E-state index contributed by atoms with van der Waals surface area (Å²) in [6.45, 7) is 9.96. The van der Waals surface area contributed by atoms with Gasteiger partial charge in [0.1, 0.15) is 6.54 Å². The highest BCUT2D eigenvalue weighted by atomic mass is 16.2. The molecule has 0 aromatic carbocycles. The van der Waals surface area contributed by atoms with Gasteiger partial charge in [0.25, 0.3) is 0 Å². The van der Waals surface area contributed by atoms with E-state index in [4.69, 9.17) is 0 Å². The second-order valence-corrected chi connectivity index (χ2v) is 7.84. The smallest absolute Gasteiger partial charge is 0.242 e. The number of aliphatic imine (C=N–C) groups is 1. The molecular weight excluding hydrogens is 276 g/mol. The average molecular weight is 308 g/mol. The quantitative estimate of drug-likeness (QED) is 0.520. The van der Waals surface area contributed by atoms with Gasteiger partial charge in [-0.15, -0.1) is 0 Å². The Hall–Kier alpha value is -1.26. The molecule has 126 valence electrons. The molecule has 2 aliphatic carbocycles. The number of amides is 1. The third-order valence-corrected chi connectivity index (χ3v) is 4.64. The van der Waals surface area contributed by atoms with Crippen molar-refractivity contribution in [3.05, 3.63) is 0 Å². The van der Waals surface area contributed by atoms with Crippen LogP contribution >= 0.6 is 0 Å². The Kier molecular flexibility index (Phi) is 5.35. The average Bonchev–Trinajstić information content (AvgIpc) is 3.17. The lowest BCUT2D eigenvalue weighted by molar-refractivity contribution is -0.121. The van der Waals surface area contributed by atoms with E-state index < -0.39 is 0 Å². The van der Waals surface area contributed by atoms with Gasteiger partial charge in [0, 0.05) is 18.6 Å². The van der Waals surface area contributed by atoms with Crippen molar-refractivity contribution in [2.24, 2.45) is 16.3 Å². The first kappa shape index (κ1) is 17.1. The number of hydrogen-bond donors (Lipinski definition) is 3. The SMILES string of the molecule is CCNC(=NCC(=O)NC(C)(C)C)NCC1(C2CC2)CCC1. The maximum Gasteiger partial charge on any atom is 0.242 e. The first-order valence-electron chi connectivity index (χ1n) is 8.68. The first-order chi connectivity index (χ1) is 10.3. The first-order valence-corrected chi connectivity index (χ1v) is 8.68. The molecule has 5 nitrogen and oxygen atoms in total. The Morgan fingerprint density at radius 1 is 1.23 bits per heavy atom. The van der Waals surface area contributed by atoms with Gasteiger partial charge in [-0.3, -0.25) is 4.79 Å². The molecule has 0 unspecified atom stereocenters. The lowest BCUT2D eigenvalue weighted by Gasteiger charge is -2.43. The fourth-order valence-corrected chi connectivity index (χ4v) is 3.27. The summed E-state index contributed by atoms with van der Waals surface area (Å²) >= 11 is 0. The van der Waals surface area contributed by atoms with Gasteiger partial charge in [0.2, 0.25) is 5.91 Å². The van der Waals surface area contributed by atoms with Crippen LogP contribution in [-0.4, -0.2) is 37.0 Å². The van der Waals surface area contributed by atoms with Crippen LogP contribution in [-0.2, 0) is 4.79 Å². The summed E-state index contributed by atoms with van der Waals surface area (Å²) in [6, 6.07) is 0. The minimum Gasteiger partial charge on any atom is -0.357 e. The maximum atomic E-state index is 11.9. The monoisotopic (exact) mass is 308 g/mol. The van der Waals surface area contributed by atoms with Gasteiger partial charge < -0.3 is 16.0 Å². The highest BCUT2D eigenvalue weighted by molar-refractivity contribution is 5.85. The number of guanidine groups is 1. The van der Waals surface area contributed by atoms with Gasteiger partial charge in [-0.1, -0.05) is 6.42 Å². The standard InChI is InChI=1S/C17H32N4O/c1-5-18-15(19-11-14(22)21-16(2,3)4)20-12-17(9-6-10-17)13-7-8-13/h13H,5-12H2,1-4H3,(H,21,22)(H2,18,19,20). The van der Waals surface area contributed by atoms with Crippen LogP contribution in [0.15, 0.2) is 4.99 Å². The fourth-order valence-electron chi connectivity index (χ4n) is 3.27. The molecule has 0 heterocycles. The van der Waals surface area contributed by atoms with Crippen LogP contribution in [0.5, 0.6) is 0 Å². The van der Waals surface area contributed by atoms with Crippen molar-refractivity contribution in [3.8, 4) is 0 Å². The lowest BCUT2D eigenvalue weighted by Crippen LogP contribution is -2.48. The largest absolute Gasteiger partial charge is 0.357 e. The molecule has 22 heavy (non-hydrogen) atoms. The Morgan fingerprint density at radius 2 is 1.91 bits per heavy atom. The highest BCUT2D eigenvalue weighted by Gasteiger charge is 2.48. The van der Waals surface area contributed by atoms with Crippen molar-refractivity contribution in [2.45, 2.75) is 65.3 Å². The minimum absolute atomic E-state index is 0.0368. The van der Waals surface area contributed by atoms with E-state index in [1.165, 1.54) is 32.1 Å². The summed E-state index contributed by atoms with van der Waals surface area (Å²) in [5.74, 6) is 1.64. The predicted octanol–water partition coefficient (Wildman–Crippen LogP) is 2.04. The van der Waals surface area contributed by atoms with Crippen molar-refractivity contribution in [1.82, 2.24) is 16.0 Å². The van der Waals surface area contributed by atoms with Crippen molar-refractivity contribution in [2.75, 3.05) is 19.6 Å². The summed E-state index contributed by atoms with van der Waals surface area (Å²) in [6.07, 6.45) is 6.83. The minimum atomic E-state index is -0.208. The molecule has 0 atom stereocenters. The fraction of sp³-hybridized carbons (Fsp3) is 0.882. The van der Waals surface area contributed by atoms with E-state index in [1.807, 2.05) is 27.7 Å². The number of nitrogens with one attached hydrogen (secondary N) is 3. The lowest BCUT2D eigenvalue weighted by atomic mass is 9.65. The molecule has 5 heteroatoms. The molecule has 3 N–H and O–H groups in total. The molecule has 0 aliphatic heterocycles. The van der Waals surface area contributed by atoms with E-state index >= 15 is 0 Å². The van der Waals surface area contributed by atoms with E-state index in [0.29, 0.717) is 5.41 Å². The zero-order chi connectivity index (χ0) is 16.2. The molecule has 1 amide bonds. The molecule has 2 rings (SSSR count). The highest BCUT2D eigenvalue weighted by Crippen LogP contribution is 2.56. The van der Waals surface area contributed by atoms with Crippen LogP contribution < -0.4 is 16.0 Å². The van der Waals surface area contributed by atoms with Crippen molar-refractivity contribution >= 4 is 11.9 Å². The molecule has 0 aromatic heterocycles. The third-order valence-electron chi connectivity index (χ3n) is 4.64. The number of carbonyl (C=O) groups is 1. The summed E-state index contributed by atoms with van der Waals surface area (Å²) < 4.78 is 0. The van der Waals surface area contributed by atoms with E-state index in [0.717, 1.165) is 25.0 Å². The van der Waals surface area contributed by atoms with E-state index in [-0.39, 0.29) is 18.0 Å². The van der Waals surface area contributed by atoms with Gasteiger partial charge in [-0.25, -0.2) is 4.99 Å². The van der Waals surface area contributed by atoms with Crippen LogP contribution in [0.2, 0.25) is 0 Å². The van der Waals surface area contributed by atoms with Gasteiger partial charge in [0.05, 0.1) is 0 Å². The second kappa shape index (κ2) is 6.88. The number of rotatable bonds is 6. The summed E-state index contributed by atoms with van der Waals surface area (Å²) in [7, 11) is 0. The van der Waals surface area contributed by atoms with Crippen LogP contribution in [0.1, 0.15) is 59.8 Å². The predicted molar refractivity (Wildman–Crippen MR) is 90.9 cm³/mol. The molecular formula is C17H32N4O.